The van der Waals surface area contributed by atoms with Crippen molar-refractivity contribution in [1.82, 2.24) is 46.3 Å². The van der Waals surface area contributed by atoms with Crippen molar-refractivity contribution in [2.45, 2.75) is 0 Å². The number of rotatable bonds is 21. The number of aromatic nitrogens is 6. The lowest BCUT2D eigenvalue weighted by Gasteiger charge is -2.24. The molecule has 0 fully saturated rings. The molecule has 4 aromatic heterocycles. The maximum absolute atomic E-state index is 13.0. The van der Waals surface area contributed by atoms with Gasteiger partial charge in [0.2, 0.25) is 11.9 Å². The molecule has 0 saturated carbocycles. The van der Waals surface area contributed by atoms with Crippen LogP contribution in [0.3, 0.4) is 0 Å². The van der Waals surface area contributed by atoms with E-state index in [1.807, 2.05) is 70.5 Å². The van der Waals surface area contributed by atoms with Crippen LogP contribution in [-0.4, -0.2) is 179 Å². The van der Waals surface area contributed by atoms with E-state index in [0.29, 0.717) is 92.2 Å². The summed E-state index contributed by atoms with van der Waals surface area (Å²) in [5, 5.41) is 19.7. The molecule has 78 heavy (non-hydrogen) atoms. The number of nitrogens with two attached hydrogens (primary N) is 1. The number of likely N-dealkylation sites (N-methyl/N-ethyl adjacent to an activating group) is 4. The van der Waals surface area contributed by atoms with Crippen LogP contribution in [0.2, 0.25) is 0 Å². The summed E-state index contributed by atoms with van der Waals surface area (Å²) in [4.78, 5) is 37.5. The highest BCUT2D eigenvalue weighted by molar-refractivity contribution is 7.88. The van der Waals surface area contributed by atoms with E-state index in [1.165, 1.54) is 66.0 Å². The number of hydrogen-bond acceptors (Lipinski definition) is 19. The average molecular weight is 1110 g/mol. The van der Waals surface area contributed by atoms with Crippen LogP contribution in [0.25, 0.3) is 44.3 Å². The highest BCUT2D eigenvalue weighted by Crippen LogP contribution is 2.40. The van der Waals surface area contributed by atoms with Crippen molar-refractivity contribution in [3.63, 3.8) is 0 Å². The van der Waals surface area contributed by atoms with Crippen molar-refractivity contribution < 1.29 is 31.2 Å². The highest BCUT2D eigenvalue weighted by Gasteiger charge is 2.26. The van der Waals surface area contributed by atoms with Crippen molar-refractivity contribution in [2.24, 2.45) is 0 Å². The second-order valence-electron chi connectivity index (χ2n) is 18.9. The third kappa shape index (κ3) is 12.5. The first kappa shape index (κ1) is 57.6. The maximum atomic E-state index is 13.0. The Morgan fingerprint density at radius 1 is 0.590 bits per heavy atom. The predicted octanol–water partition coefficient (Wildman–Crippen LogP) is 6.50. The van der Waals surface area contributed by atoms with E-state index in [1.54, 1.807) is 80.0 Å². The van der Waals surface area contributed by atoms with Gasteiger partial charge in [-0.3, -0.25) is 10.1 Å². The van der Waals surface area contributed by atoms with Gasteiger partial charge in [-0.25, -0.2) is 27.9 Å². The van der Waals surface area contributed by atoms with E-state index in [-0.39, 0.29) is 11.6 Å². The molecule has 0 atom stereocenters. The number of benzene rings is 4. The number of para-hydroxylation sites is 2. The zero-order valence-electron chi connectivity index (χ0n) is 45.7. The van der Waals surface area contributed by atoms with E-state index < -0.39 is 25.3 Å². The Morgan fingerprint density at radius 3 is 1.41 bits per heavy atom. The van der Waals surface area contributed by atoms with Gasteiger partial charge in [-0.05, 0) is 58.5 Å². The van der Waals surface area contributed by atoms with Crippen LogP contribution in [0.5, 0.6) is 11.5 Å². The molecule has 4 heterocycles. The minimum Gasteiger partial charge on any atom is -0.494 e. The minimum atomic E-state index is -3.79. The summed E-state index contributed by atoms with van der Waals surface area (Å²) in [6, 6.07) is 24.5. The Bertz CT molecular complexity index is 3680. The number of ether oxygens (including phenoxy) is 2. The molecule has 0 spiro atoms. The summed E-state index contributed by atoms with van der Waals surface area (Å²) >= 11 is 0. The number of nitrogens with one attached hydrogen (secondary N) is 2. The van der Waals surface area contributed by atoms with Crippen molar-refractivity contribution >= 4 is 88.2 Å². The largest absolute Gasteiger partial charge is 0.494 e. The summed E-state index contributed by atoms with van der Waals surface area (Å²) in [7, 11) is 13.2. The zero-order chi connectivity index (χ0) is 56.8. The standard InChI is InChI=1S/C26H32N8O5S.C26H34N8O3S/c1-30(2)13-14-32(5)23-16-25(39-6)21(15-24(23)34(35)36)29-26-27-12-11-20(28-26)19-17-33(40(37,38)31(3)4)22-10-8-7-9-18(19)22;1-31(2)13-14-33(5)24-16-25(37-6)22(15-20(24)27)30-26-28-12-11-21(29-26)19-17-34(38(35,36)32(3)4)23-10-8-7-9-18(19)23/h7-12,15-17H,13-14H2,1-6H3,(H,27,28,29);7-12,15-17H,13-14,27H2,1-6H3,(H,28,29,30). The molecule has 0 unspecified atom stereocenters. The fraction of sp³-hybridized carbons (Fsp3) is 0.308. The lowest BCUT2D eigenvalue weighted by atomic mass is 10.1. The van der Waals surface area contributed by atoms with Gasteiger partial charge in [0.25, 0.3) is 5.69 Å². The highest BCUT2D eigenvalue weighted by atomic mass is 32.2. The van der Waals surface area contributed by atoms with Crippen LogP contribution in [-0.2, 0) is 20.4 Å². The molecule has 8 rings (SSSR count). The van der Waals surface area contributed by atoms with Crippen LogP contribution in [0.15, 0.2) is 110 Å². The Balaban J connectivity index is 0.000000226. The maximum Gasteiger partial charge on any atom is 0.307 e. The summed E-state index contributed by atoms with van der Waals surface area (Å²) in [6.07, 6.45) is 6.26. The molecule has 414 valence electrons. The third-order valence-corrected chi connectivity index (χ3v) is 16.0. The molecule has 0 saturated heterocycles. The lowest BCUT2D eigenvalue weighted by molar-refractivity contribution is -0.384. The van der Waals surface area contributed by atoms with Crippen molar-refractivity contribution in [1.29, 1.82) is 0 Å². The van der Waals surface area contributed by atoms with E-state index in [2.05, 4.69) is 40.4 Å². The van der Waals surface area contributed by atoms with Gasteiger partial charge in [-0.2, -0.15) is 25.4 Å². The molecule has 0 bridgehead atoms. The normalized spacial score (nSPS) is 11.8. The number of anilines is 7. The topological polar surface area (TPSA) is 261 Å². The number of hydrogen-bond donors (Lipinski definition) is 3. The molecule has 0 aliphatic heterocycles. The minimum absolute atomic E-state index is 0.0994. The van der Waals surface area contributed by atoms with Crippen LogP contribution in [0.4, 0.5) is 46.0 Å². The quantitative estimate of drug-likeness (QED) is 0.0394. The Morgan fingerprint density at radius 2 is 1.00 bits per heavy atom. The van der Waals surface area contributed by atoms with Gasteiger partial charge in [-0.15, -0.1) is 0 Å². The molecular weight excluding hydrogens is 1040 g/mol. The number of nitro groups is 1. The fourth-order valence-electron chi connectivity index (χ4n) is 8.22. The van der Waals surface area contributed by atoms with Crippen LogP contribution < -0.4 is 35.6 Å². The van der Waals surface area contributed by atoms with E-state index >= 15 is 0 Å². The van der Waals surface area contributed by atoms with Crippen LogP contribution in [0, 0.1) is 10.1 Å². The number of nitrogen functional groups attached to an aromatic ring is 1. The first-order valence-electron chi connectivity index (χ1n) is 24.3. The summed E-state index contributed by atoms with van der Waals surface area (Å²) in [5.74, 6) is 1.45. The lowest BCUT2D eigenvalue weighted by Crippen LogP contribution is -2.29. The summed E-state index contributed by atoms with van der Waals surface area (Å²) in [5.41, 5.74) is 12.4. The molecule has 4 N–H and O–H groups in total. The van der Waals surface area contributed by atoms with Crippen LogP contribution >= 0.6 is 0 Å². The van der Waals surface area contributed by atoms with Crippen molar-refractivity contribution in [2.75, 3.05) is 137 Å². The Labute approximate surface area is 454 Å². The van der Waals surface area contributed by atoms with Gasteiger partial charge < -0.3 is 45.4 Å². The zero-order valence-corrected chi connectivity index (χ0v) is 47.3. The summed E-state index contributed by atoms with van der Waals surface area (Å²) in [6.45, 7) is 2.97. The molecule has 24 nitrogen and oxygen atoms in total. The number of nitro benzene ring substituents is 1. The smallest absolute Gasteiger partial charge is 0.307 e. The number of methoxy groups -OCH3 is 2. The predicted molar refractivity (Wildman–Crippen MR) is 309 cm³/mol. The molecule has 8 aromatic rings. The Kier molecular flexibility index (Phi) is 17.7. The number of nitrogens with zero attached hydrogens (tertiary/aromatic N) is 13. The molecule has 0 aliphatic rings. The van der Waals surface area contributed by atoms with Gasteiger partial charge in [-0.1, -0.05) is 36.4 Å². The SMILES string of the molecule is COc1cc(N(C)CCN(C)C)c(N)cc1Nc1nccc(-c2cn(S(=O)(=O)N(C)C)c3ccccc23)n1.COc1cc(N(C)CCN(C)C)c([N+](=O)[O-])cc1Nc1nccc(-c2cn(S(=O)(=O)N(C)C)c3ccccc23)n1. The second kappa shape index (κ2) is 24.0. The molecule has 0 amide bonds. The first-order valence-corrected chi connectivity index (χ1v) is 27.1. The van der Waals surface area contributed by atoms with E-state index in [4.69, 9.17) is 15.2 Å². The van der Waals surface area contributed by atoms with Gasteiger partial charge in [0.05, 0.1) is 64.3 Å². The van der Waals surface area contributed by atoms with Gasteiger partial charge >= 0.3 is 20.4 Å². The molecular formula is C52H66N16O8S2. The molecule has 4 aromatic carbocycles. The Hall–Kier alpha value is -8.14. The van der Waals surface area contributed by atoms with Crippen LogP contribution in [0.1, 0.15) is 0 Å². The number of fused-ring (bicyclic) bond motifs is 2. The average Bonchev–Trinajstić information content (AvgIpc) is 4.15. The third-order valence-electron chi connectivity index (χ3n) is 12.6. The van der Waals surface area contributed by atoms with E-state index in [9.17, 15) is 26.9 Å². The van der Waals surface area contributed by atoms with Gasteiger partial charge in [0.1, 0.15) is 17.2 Å². The van der Waals surface area contributed by atoms with Gasteiger partial charge in [0, 0.05) is 133 Å². The second-order valence-corrected chi connectivity index (χ2v) is 23.0. The monoisotopic (exact) mass is 1110 g/mol. The first-order chi connectivity index (χ1) is 37.0. The molecule has 0 radical (unpaired) electrons. The fourth-order valence-corrected chi connectivity index (χ4v) is 10.2. The van der Waals surface area contributed by atoms with Gasteiger partial charge in [0.15, 0.2) is 0 Å². The van der Waals surface area contributed by atoms with E-state index in [0.717, 1.165) is 28.5 Å². The van der Waals surface area contributed by atoms with Crippen molar-refractivity contribution in [3.8, 4) is 34.0 Å². The van der Waals surface area contributed by atoms with Crippen molar-refractivity contribution in [3.05, 3.63) is 120 Å². The summed E-state index contributed by atoms with van der Waals surface area (Å²) < 4.78 is 67.9. The molecule has 0 aliphatic carbocycles. The molecule has 26 heteroatoms.